The number of imidazole rings is 1. The van der Waals surface area contributed by atoms with E-state index in [4.69, 9.17) is 9.84 Å². The third kappa shape index (κ3) is 2.20. The van der Waals surface area contributed by atoms with Gasteiger partial charge in [0.2, 0.25) is 0 Å². The highest BCUT2D eigenvalue weighted by molar-refractivity contribution is 5.41. The molecule has 1 fully saturated rings. The summed E-state index contributed by atoms with van der Waals surface area (Å²) in [6.45, 7) is 0.309. The predicted octanol–water partition coefficient (Wildman–Crippen LogP) is 2.26. The molecule has 1 aliphatic carbocycles. The van der Waals surface area contributed by atoms with Gasteiger partial charge in [-0.3, -0.25) is 4.40 Å². The number of aliphatic hydroxyl groups excluding tert-OH is 1. The third-order valence-corrected chi connectivity index (χ3v) is 3.73. The molecule has 4 nitrogen and oxygen atoms in total. The summed E-state index contributed by atoms with van der Waals surface area (Å²) in [5.41, 5.74) is 0.913. The van der Waals surface area contributed by atoms with Crippen LogP contribution in [-0.2, 0) is 0 Å². The molecule has 2 aromatic heterocycles. The highest BCUT2D eigenvalue weighted by Gasteiger charge is 2.22. The standard InChI is InChI=1S/C14H18N2O2/c17-10-11-4-6-12(7-5-11)18-14-3-1-2-13-15-8-9-16(13)14/h1-3,8-9,11-12,17H,4-7,10H2. The van der Waals surface area contributed by atoms with Crippen LogP contribution in [0.15, 0.2) is 30.6 Å². The smallest absolute Gasteiger partial charge is 0.199 e. The molecule has 1 aliphatic rings. The van der Waals surface area contributed by atoms with E-state index >= 15 is 0 Å². The summed E-state index contributed by atoms with van der Waals surface area (Å²) in [5.74, 6) is 1.33. The van der Waals surface area contributed by atoms with E-state index in [1.807, 2.05) is 28.8 Å². The van der Waals surface area contributed by atoms with Gasteiger partial charge in [0.1, 0.15) is 11.8 Å². The number of pyridine rings is 1. The van der Waals surface area contributed by atoms with Crippen molar-refractivity contribution < 1.29 is 9.84 Å². The molecule has 1 N–H and O–H groups in total. The van der Waals surface area contributed by atoms with Crippen molar-refractivity contribution in [1.82, 2.24) is 9.38 Å². The zero-order valence-corrected chi connectivity index (χ0v) is 10.3. The van der Waals surface area contributed by atoms with E-state index in [1.165, 1.54) is 0 Å². The number of nitrogens with zero attached hydrogens (tertiary/aromatic N) is 2. The highest BCUT2D eigenvalue weighted by Crippen LogP contribution is 2.27. The van der Waals surface area contributed by atoms with Gasteiger partial charge in [-0.05, 0) is 43.7 Å². The van der Waals surface area contributed by atoms with Gasteiger partial charge >= 0.3 is 0 Å². The van der Waals surface area contributed by atoms with Crippen LogP contribution >= 0.6 is 0 Å². The first-order chi connectivity index (χ1) is 8.86. The summed E-state index contributed by atoms with van der Waals surface area (Å²) in [6, 6.07) is 5.92. The van der Waals surface area contributed by atoms with Gasteiger partial charge in [0.15, 0.2) is 5.88 Å². The Labute approximate surface area is 106 Å². The van der Waals surface area contributed by atoms with Gasteiger partial charge in [-0.25, -0.2) is 4.98 Å². The maximum absolute atomic E-state index is 9.13. The first-order valence-corrected chi connectivity index (χ1v) is 6.56. The zero-order chi connectivity index (χ0) is 12.4. The quantitative estimate of drug-likeness (QED) is 0.903. The molecule has 1 saturated carbocycles. The van der Waals surface area contributed by atoms with Crippen molar-refractivity contribution in [3.8, 4) is 5.88 Å². The van der Waals surface area contributed by atoms with Gasteiger partial charge in [-0.15, -0.1) is 0 Å². The Morgan fingerprint density at radius 1 is 1.28 bits per heavy atom. The van der Waals surface area contributed by atoms with E-state index in [0.29, 0.717) is 12.5 Å². The van der Waals surface area contributed by atoms with Gasteiger partial charge < -0.3 is 9.84 Å². The first-order valence-electron chi connectivity index (χ1n) is 6.56. The minimum absolute atomic E-state index is 0.265. The van der Waals surface area contributed by atoms with E-state index in [9.17, 15) is 0 Å². The summed E-state index contributed by atoms with van der Waals surface area (Å²) in [4.78, 5) is 4.25. The molecule has 96 valence electrons. The summed E-state index contributed by atoms with van der Waals surface area (Å²) in [6.07, 6.45) is 8.13. The number of hydrogen-bond donors (Lipinski definition) is 1. The monoisotopic (exact) mass is 246 g/mol. The lowest BCUT2D eigenvalue weighted by Crippen LogP contribution is -2.26. The largest absolute Gasteiger partial charge is 0.475 e. The normalized spacial score (nSPS) is 24.3. The molecular weight excluding hydrogens is 228 g/mol. The Morgan fingerprint density at radius 2 is 2.11 bits per heavy atom. The van der Waals surface area contributed by atoms with Gasteiger partial charge in [0.05, 0.1) is 0 Å². The van der Waals surface area contributed by atoms with Crippen molar-refractivity contribution in [2.24, 2.45) is 5.92 Å². The summed E-state index contributed by atoms with van der Waals surface area (Å²) in [5, 5.41) is 9.13. The van der Waals surface area contributed by atoms with Crippen molar-refractivity contribution in [3.63, 3.8) is 0 Å². The molecule has 2 heterocycles. The summed E-state index contributed by atoms with van der Waals surface area (Å²) < 4.78 is 8.03. The lowest BCUT2D eigenvalue weighted by molar-refractivity contribution is 0.0995. The summed E-state index contributed by atoms with van der Waals surface area (Å²) >= 11 is 0. The number of fused-ring (bicyclic) bond motifs is 1. The number of hydrogen-bond acceptors (Lipinski definition) is 3. The molecule has 0 radical (unpaired) electrons. The molecule has 0 spiro atoms. The molecule has 0 saturated heterocycles. The van der Waals surface area contributed by atoms with Gasteiger partial charge in [-0.1, -0.05) is 6.07 Å². The number of aliphatic hydroxyl groups is 1. The van der Waals surface area contributed by atoms with Crippen molar-refractivity contribution in [2.45, 2.75) is 31.8 Å². The van der Waals surface area contributed by atoms with Crippen LogP contribution in [-0.4, -0.2) is 27.2 Å². The number of ether oxygens (including phenoxy) is 1. The van der Waals surface area contributed by atoms with E-state index in [2.05, 4.69) is 4.98 Å². The fourth-order valence-corrected chi connectivity index (χ4v) is 2.62. The molecule has 3 rings (SSSR count). The van der Waals surface area contributed by atoms with Crippen molar-refractivity contribution in [1.29, 1.82) is 0 Å². The van der Waals surface area contributed by atoms with Crippen molar-refractivity contribution >= 4 is 5.65 Å². The Morgan fingerprint density at radius 3 is 2.89 bits per heavy atom. The maximum Gasteiger partial charge on any atom is 0.199 e. The zero-order valence-electron chi connectivity index (χ0n) is 10.3. The van der Waals surface area contributed by atoms with Gasteiger partial charge in [-0.2, -0.15) is 0 Å². The Hall–Kier alpha value is -1.55. The minimum Gasteiger partial charge on any atom is -0.475 e. The van der Waals surface area contributed by atoms with Crippen LogP contribution in [0.3, 0.4) is 0 Å². The van der Waals surface area contributed by atoms with E-state index in [-0.39, 0.29) is 6.10 Å². The lowest BCUT2D eigenvalue weighted by atomic mass is 9.88. The number of aromatic nitrogens is 2. The highest BCUT2D eigenvalue weighted by atomic mass is 16.5. The van der Waals surface area contributed by atoms with E-state index in [1.54, 1.807) is 6.20 Å². The van der Waals surface area contributed by atoms with Crippen molar-refractivity contribution in [3.05, 3.63) is 30.6 Å². The number of rotatable bonds is 3. The van der Waals surface area contributed by atoms with Crippen LogP contribution in [0.4, 0.5) is 0 Å². The van der Waals surface area contributed by atoms with E-state index in [0.717, 1.165) is 37.2 Å². The first kappa shape index (κ1) is 11.5. The molecule has 0 amide bonds. The Balaban J connectivity index is 1.71. The Bertz CT molecular complexity index is 515. The average Bonchev–Trinajstić information content (AvgIpc) is 2.89. The maximum atomic E-state index is 9.13. The second-order valence-corrected chi connectivity index (χ2v) is 4.96. The topological polar surface area (TPSA) is 46.8 Å². The molecule has 4 heteroatoms. The minimum atomic E-state index is 0.265. The molecule has 2 aromatic rings. The second-order valence-electron chi connectivity index (χ2n) is 4.96. The van der Waals surface area contributed by atoms with Crippen LogP contribution in [0.25, 0.3) is 5.65 Å². The van der Waals surface area contributed by atoms with Gasteiger partial charge in [0.25, 0.3) is 0 Å². The average molecular weight is 246 g/mol. The fraction of sp³-hybridized carbons (Fsp3) is 0.500. The third-order valence-electron chi connectivity index (χ3n) is 3.73. The molecule has 0 atom stereocenters. The van der Waals surface area contributed by atoms with Gasteiger partial charge in [0, 0.05) is 19.0 Å². The molecule has 0 bridgehead atoms. The predicted molar refractivity (Wildman–Crippen MR) is 68.7 cm³/mol. The van der Waals surface area contributed by atoms with E-state index < -0.39 is 0 Å². The van der Waals surface area contributed by atoms with Crippen molar-refractivity contribution in [2.75, 3.05) is 6.61 Å². The van der Waals surface area contributed by atoms with Crippen LogP contribution in [0, 0.1) is 5.92 Å². The molecule has 18 heavy (non-hydrogen) atoms. The Kier molecular flexibility index (Phi) is 3.19. The van der Waals surface area contributed by atoms with Crippen LogP contribution < -0.4 is 4.74 Å². The van der Waals surface area contributed by atoms with Crippen LogP contribution in [0.5, 0.6) is 5.88 Å². The summed E-state index contributed by atoms with van der Waals surface area (Å²) in [7, 11) is 0. The van der Waals surface area contributed by atoms with Crippen LogP contribution in [0.2, 0.25) is 0 Å². The lowest BCUT2D eigenvalue weighted by Gasteiger charge is -2.27. The molecular formula is C14H18N2O2. The van der Waals surface area contributed by atoms with Crippen LogP contribution in [0.1, 0.15) is 25.7 Å². The second kappa shape index (κ2) is 4.98. The SMILES string of the molecule is OCC1CCC(Oc2cccc3nccn23)CC1. The molecule has 0 aliphatic heterocycles. The fourth-order valence-electron chi connectivity index (χ4n) is 2.62. The molecule has 0 aromatic carbocycles. The molecule has 0 unspecified atom stereocenters.